The second-order valence-electron chi connectivity index (χ2n) is 5.49. The minimum absolute atomic E-state index is 0.119. The first-order valence-electron chi connectivity index (χ1n) is 7.23. The van der Waals surface area contributed by atoms with Gasteiger partial charge in [0.1, 0.15) is 5.82 Å². The van der Waals surface area contributed by atoms with Gasteiger partial charge < -0.3 is 4.74 Å². The maximum absolute atomic E-state index is 13.3. The third kappa shape index (κ3) is 3.51. The summed E-state index contributed by atoms with van der Waals surface area (Å²) in [6, 6.07) is 4.50. The Bertz CT molecular complexity index is 721. The second kappa shape index (κ2) is 6.64. The molecule has 0 bridgehead atoms. The van der Waals surface area contributed by atoms with Crippen molar-refractivity contribution in [2.24, 2.45) is 0 Å². The third-order valence-corrected chi connectivity index (χ3v) is 4.30. The minimum Gasteiger partial charge on any atom is -0.464 e. The summed E-state index contributed by atoms with van der Waals surface area (Å²) in [5, 5.41) is 8.37. The molecule has 0 saturated carbocycles. The smallest absolute Gasteiger partial charge is 0.360 e. The second-order valence-corrected chi connectivity index (χ2v) is 5.90. The van der Waals surface area contributed by atoms with Crippen LogP contribution in [0.25, 0.3) is 0 Å². The Labute approximate surface area is 137 Å². The number of carbonyl (C=O) groups excluding carboxylic acids is 1. The first kappa shape index (κ1) is 15.9. The number of rotatable bonds is 4. The highest BCUT2D eigenvalue weighted by atomic mass is 35.5. The number of carbonyl (C=O) groups is 1. The van der Waals surface area contributed by atoms with Crippen LogP contribution in [0, 0.1) is 5.82 Å². The van der Waals surface area contributed by atoms with Crippen LogP contribution in [0.2, 0.25) is 5.02 Å². The standard InChI is InChI=1S/C15H16ClFN4O2/c1-23-15(22)14-9-21(19-18-14)12-4-5-20(8-12)7-10-6-11(17)2-3-13(10)16/h2-3,6,9,12H,4-5,7-8H2,1H3/t12-/m0/s1. The molecule has 6 nitrogen and oxygen atoms in total. The average Bonchev–Trinajstić information content (AvgIpc) is 3.19. The lowest BCUT2D eigenvalue weighted by Gasteiger charge is -2.17. The fourth-order valence-corrected chi connectivity index (χ4v) is 2.91. The van der Waals surface area contributed by atoms with Crippen molar-refractivity contribution in [3.63, 3.8) is 0 Å². The Morgan fingerprint density at radius 3 is 3.13 bits per heavy atom. The summed E-state index contributed by atoms with van der Waals surface area (Å²) in [5.74, 6) is -0.795. The van der Waals surface area contributed by atoms with Gasteiger partial charge in [0.2, 0.25) is 0 Å². The van der Waals surface area contributed by atoms with Gasteiger partial charge in [-0.2, -0.15) is 0 Å². The number of likely N-dealkylation sites (tertiary alicyclic amines) is 1. The highest BCUT2D eigenvalue weighted by molar-refractivity contribution is 6.31. The number of aromatic nitrogens is 3. The van der Waals surface area contributed by atoms with Crippen molar-refractivity contribution in [1.29, 1.82) is 0 Å². The molecule has 0 unspecified atom stereocenters. The molecular weight excluding hydrogens is 323 g/mol. The van der Waals surface area contributed by atoms with Gasteiger partial charge in [0.05, 0.1) is 19.3 Å². The van der Waals surface area contributed by atoms with Gasteiger partial charge in [-0.25, -0.2) is 13.9 Å². The summed E-state index contributed by atoms with van der Waals surface area (Å²) in [5.41, 5.74) is 0.959. The lowest BCUT2D eigenvalue weighted by molar-refractivity contribution is 0.0594. The molecule has 2 aromatic rings. The number of nitrogens with zero attached hydrogens (tertiary/aromatic N) is 4. The van der Waals surface area contributed by atoms with E-state index in [1.165, 1.54) is 19.2 Å². The van der Waals surface area contributed by atoms with Crippen LogP contribution < -0.4 is 0 Å². The molecule has 1 fully saturated rings. The molecule has 3 rings (SSSR count). The molecule has 1 saturated heterocycles. The van der Waals surface area contributed by atoms with Crippen LogP contribution in [0.5, 0.6) is 0 Å². The number of benzene rings is 1. The first-order valence-corrected chi connectivity index (χ1v) is 7.61. The van der Waals surface area contributed by atoms with E-state index in [2.05, 4.69) is 19.9 Å². The summed E-state index contributed by atoms with van der Waals surface area (Å²) in [6.07, 6.45) is 2.46. The predicted octanol–water partition coefficient (Wildman–Crippen LogP) is 2.30. The number of esters is 1. The quantitative estimate of drug-likeness (QED) is 0.801. The molecule has 8 heteroatoms. The van der Waals surface area contributed by atoms with Crippen molar-refractivity contribution in [2.75, 3.05) is 20.2 Å². The lowest BCUT2D eigenvalue weighted by Crippen LogP contribution is -2.21. The first-order chi connectivity index (χ1) is 11.1. The maximum atomic E-state index is 13.3. The molecule has 0 amide bonds. The van der Waals surface area contributed by atoms with Crippen molar-refractivity contribution in [3.05, 3.63) is 46.5 Å². The van der Waals surface area contributed by atoms with E-state index < -0.39 is 5.97 Å². The summed E-state index contributed by atoms with van der Waals surface area (Å²) < 4.78 is 19.6. The van der Waals surface area contributed by atoms with E-state index in [4.69, 9.17) is 11.6 Å². The molecule has 0 aliphatic carbocycles. The maximum Gasteiger partial charge on any atom is 0.360 e. The van der Waals surface area contributed by atoms with Gasteiger partial charge >= 0.3 is 5.97 Å². The molecular formula is C15H16ClFN4O2. The van der Waals surface area contributed by atoms with Crippen molar-refractivity contribution >= 4 is 17.6 Å². The molecule has 23 heavy (non-hydrogen) atoms. The summed E-state index contributed by atoms with van der Waals surface area (Å²) in [7, 11) is 1.31. The Morgan fingerprint density at radius 1 is 1.52 bits per heavy atom. The molecule has 1 aromatic heterocycles. The number of hydrogen-bond acceptors (Lipinski definition) is 5. The molecule has 122 valence electrons. The topological polar surface area (TPSA) is 60.2 Å². The molecule has 2 heterocycles. The fourth-order valence-electron chi connectivity index (χ4n) is 2.73. The van der Waals surface area contributed by atoms with E-state index in [1.807, 2.05) is 0 Å². The van der Waals surface area contributed by atoms with Gasteiger partial charge in [-0.15, -0.1) is 5.10 Å². The summed E-state index contributed by atoms with van der Waals surface area (Å²) in [4.78, 5) is 13.6. The van der Waals surface area contributed by atoms with Gasteiger partial charge in [0.15, 0.2) is 5.69 Å². The van der Waals surface area contributed by atoms with E-state index in [9.17, 15) is 9.18 Å². The van der Waals surface area contributed by atoms with Crippen LogP contribution in [-0.2, 0) is 11.3 Å². The van der Waals surface area contributed by atoms with Crippen LogP contribution in [-0.4, -0.2) is 46.1 Å². The van der Waals surface area contributed by atoms with Gasteiger partial charge in [-0.1, -0.05) is 16.8 Å². The van der Waals surface area contributed by atoms with E-state index in [0.29, 0.717) is 11.6 Å². The van der Waals surface area contributed by atoms with E-state index in [-0.39, 0.29) is 17.6 Å². The highest BCUT2D eigenvalue weighted by Gasteiger charge is 2.26. The zero-order valence-corrected chi connectivity index (χ0v) is 13.3. The zero-order chi connectivity index (χ0) is 16.4. The monoisotopic (exact) mass is 338 g/mol. The molecule has 0 radical (unpaired) electrons. The van der Waals surface area contributed by atoms with Gasteiger partial charge in [0.25, 0.3) is 0 Å². The van der Waals surface area contributed by atoms with Crippen LogP contribution in [0.3, 0.4) is 0 Å². The number of hydrogen-bond donors (Lipinski definition) is 0. The molecule has 0 spiro atoms. The van der Waals surface area contributed by atoms with Crippen molar-refractivity contribution in [1.82, 2.24) is 19.9 Å². The molecule has 1 aliphatic heterocycles. The Morgan fingerprint density at radius 2 is 2.35 bits per heavy atom. The Hall–Kier alpha value is -1.99. The molecule has 1 aromatic carbocycles. The number of ether oxygens (including phenoxy) is 1. The minimum atomic E-state index is -0.502. The van der Waals surface area contributed by atoms with E-state index in [0.717, 1.165) is 25.1 Å². The molecule has 1 atom stereocenters. The van der Waals surface area contributed by atoms with E-state index in [1.54, 1.807) is 16.9 Å². The Balaban J connectivity index is 1.65. The predicted molar refractivity (Wildman–Crippen MR) is 81.7 cm³/mol. The van der Waals surface area contributed by atoms with Crippen LogP contribution in [0.1, 0.15) is 28.5 Å². The fraction of sp³-hybridized carbons (Fsp3) is 0.400. The zero-order valence-electron chi connectivity index (χ0n) is 12.6. The Kier molecular flexibility index (Phi) is 4.58. The lowest BCUT2D eigenvalue weighted by atomic mass is 10.2. The summed E-state index contributed by atoms with van der Waals surface area (Å²) >= 11 is 6.11. The normalized spacial score (nSPS) is 18.3. The van der Waals surface area contributed by atoms with Gasteiger partial charge in [-0.05, 0) is 30.2 Å². The van der Waals surface area contributed by atoms with Crippen LogP contribution in [0.15, 0.2) is 24.4 Å². The third-order valence-electron chi connectivity index (χ3n) is 3.93. The molecule has 0 N–H and O–H groups in total. The number of methoxy groups -OCH3 is 1. The van der Waals surface area contributed by atoms with Crippen molar-refractivity contribution < 1.29 is 13.9 Å². The van der Waals surface area contributed by atoms with Gasteiger partial charge in [0, 0.05) is 24.7 Å². The average molecular weight is 339 g/mol. The highest BCUT2D eigenvalue weighted by Crippen LogP contribution is 2.25. The summed E-state index contributed by atoms with van der Waals surface area (Å²) in [6.45, 7) is 2.15. The van der Waals surface area contributed by atoms with Crippen LogP contribution >= 0.6 is 11.6 Å². The number of halogens is 2. The van der Waals surface area contributed by atoms with Gasteiger partial charge in [-0.3, -0.25) is 4.90 Å². The van der Waals surface area contributed by atoms with Crippen molar-refractivity contribution in [3.8, 4) is 0 Å². The van der Waals surface area contributed by atoms with Crippen LogP contribution in [0.4, 0.5) is 4.39 Å². The molecule has 1 aliphatic rings. The SMILES string of the molecule is COC(=O)c1cn([C@H]2CCN(Cc3cc(F)ccc3Cl)C2)nn1. The van der Waals surface area contributed by atoms with E-state index >= 15 is 0 Å². The van der Waals surface area contributed by atoms with Crippen molar-refractivity contribution in [2.45, 2.75) is 19.0 Å². The largest absolute Gasteiger partial charge is 0.464 e.